The number of aromatic nitrogens is 3. The van der Waals surface area contributed by atoms with Crippen LogP contribution < -0.4 is 5.56 Å². The summed E-state index contributed by atoms with van der Waals surface area (Å²) in [5.74, 6) is -2.07. The average Bonchev–Trinajstić information content (AvgIpc) is 3.36. The number of fused-ring (bicyclic) bond motifs is 2. The minimum absolute atomic E-state index is 0.0930. The third kappa shape index (κ3) is 4.70. The second-order valence-corrected chi connectivity index (χ2v) is 10.8. The zero-order valence-electron chi connectivity index (χ0n) is 22.2. The highest BCUT2D eigenvalue weighted by Gasteiger charge is 2.32. The molecule has 0 spiro atoms. The third-order valence-corrected chi connectivity index (χ3v) is 8.43. The van der Waals surface area contributed by atoms with Crippen LogP contribution in [0.25, 0.3) is 11.0 Å². The van der Waals surface area contributed by atoms with Crippen molar-refractivity contribution in [3.63, 3.8) is 0 Å². The lowest BCUT2D eigenvalue weighted by Gasteiger charge is -2.31. The molecule has 0 saturated carbocycles. The summed E-state index contributed by atoms with van der Waals surface area (Å²) in [4.78, 5) is 32.5. The van der Waals surface area contributed by atoms with Gasteiger partial charge in [0, 0.05) is 53.2 Å². The monoisotopic (exact) mass is 548 g/mol. The number of nitrogens with zero attached hydrogens (tertiary/aromatic N) is 4. The number of aryl methyl sites for hydroxylation is 1. The molecule has 2 aromatic carbocycles. The van der Waals surface area contributed by atoms with Crippen molar-refractivity contribution < 1.29 is 23.2 Å². The molecule has 4 aromatic rings. The van der Waals surface area contributed by atoms with Crippen molar-refractivity contribution in [1.29, 1.82) is 0 Å². The first-order valence-corrected chi connectivity index (χ1v) is 13.7. The first-order chi connectivity index (χ1) is 19.3. The number of carbonyl (C=O) groups is 1. The van der Waals surface area contributed by atoms with Crippen LogP contribution in [0.2, 0.25) is 0 Å². The van der Waals surface area contributed by atoms with E-state index in [0.29, 0.717) is 55.0 Å². The summed E-state index contributed by atoms with van der Waals surface area (Å²) < 4.78 is 35.4. The second kappa shape index (κ2) is 10.6. The van der Waals surface area contributed by atoms with Gasteiger partial charge < -0.3 is 14.5 Å². The third-order valence-electron chi connectivity index (χ3n) is 8.43. The van der Waals surface area contributed by atoms with Crippen molar-refractivity contribution in [2.75, 3.05) is 19.6 Å². The summed E-state index contributed by atoms with van der Waals surface area (Å²) in [5.41, 5.74) is 2.45. The van der Waals surface area contributed by atoms with Gasteiger partial charge in [0.05, 0.1) is 11.3 Å². The summed E-state index contributed by atoms with van der Waals surface area (Å²) in [5, 5.41) is 14.7. The molecule has 0 amide bonds. The summed E-state index contributed by atoms with van der Waals surface area (Å²) in [7, 11) is 0. The Hall–Kier alpha value is -3.92. The Balaban J connectivity index is 1.17. The topological polar surface area (TPSA) is 101 Å². The molecular formula is C30H30F2N4O4. The standard InChI is InChI=1S/C30H30F2N4O4/c1-17-20(11-15-35-13-9-18(10-14-35)27-21-8-7-19(31)16-25(21)40-34-27)29(37)36-12-3-5-22(28(36)33-17)26-23(30(38)39)4-2-6-24(26)32/h2,4,6-8,16,18,22H,3,5,9-15H2,1H3,(H,38,39). The molecule has 1 saturated heterocycles. The largest absolute Gasteiger partial charge is 0.478 e. The van der Waals surface area contributed by atoms with Crippen molar-refractivity contribution >= 4 is 16.9 Å². The van der Waals surface area contributed by atoms with Crippen molar-refractivity contribution in [1.82, 2.24) is 19.6 Å². The zero-order valence-corrected chi connectivity index (χ0v) is 22.2. The Labute approximate surface area is 229 Å². The molecule has 1 atom stereocenters. The summed E-state index contributed by atoms with van der Waals surface area (Å²) in [6.07, 6.45) is 3.47. The maximum absolute atomic E-state index is 14.9. The zero-order chi connectivity index (χ0) is 28.0. The van der Waals surface area contributed by atoms with Crippen LogP contribution in [0.4, 0.5) is 8.78 Å². The van der Waals surface area contributed by atoms with Crippen molar-refractivity contribution in [2.24, 2.45) is 0 Å². The summed E-state index contributed by atoms with van der Waals surface area (Å²) >= 11 is 0. The van der Waals surface area contributed by atoms with E-state index in [4.69, 9.17) is 9.51 Å². The average molecular weight is 549 g/mol. The number of aromatic carboxylic acids is 1. The Morgan fingerprint density at radius 3 is 2.70 bits per heavy atom. The molecule has 208 valence electrons. The number of hydrogen-bond acceptors (Lipinski definition) is 6. The highest BCUT2D eigenvalue weighted by atomic mass is 19.1. The number of carboxylic acid groups (broad SMARTS) is 1. The van der Waals surface area contributed by atoms with Crippen LogP contribution in [0.15, 0.2) is 45.7 Å². The maximum atomic E-state index is 14.9. The molecule has 6 rings (SSSR count). The van der Waals surface area contributed by atoms with Gasteiger partial charge in [0.15, 0.2) is 5.58 Å². The molecule has 0 radical (unpaired) electrons. The van der Waals surface area contributed by atoms with Crippen LogP contribution in [0.1, 0.15) is 76.2 Å². The van der Waals surface area contributed by atoms with E-state index in [9.17, 15) is 23.5 Å². The fraction of sp³-hybridized carbons (Fsp3) is 0.400. The summed E-state index contributed by atoms with van der Waals surface area (Å²) in [6.45, 7) is 4.66. The minimum atomic E-state index is -1.20. The van der Waals surface area contributed by atoms with Gasteiger partial charge in [-0.15, -0.1) is 0 Å². The second-order valence-electron chi connectivity index (χ2n) is 10.8. The molecule has 0 aliphatic carbocycles. The van der Waals surface area contributed by atoms with Crippen molar-refractivity contribution in [3.8, 4) is 0 Å². The SMILES string of the molecule is Cc1nc2n(c(=O)c1CCN1CCC(c3noc4cc(F)ccc34)CC1)CCCC2c1c(F)cccc1C(=O)O. The molecule has 2 aliphatic heterocycles. The van der Waals surface area contributed by atoms with Gasteiger partial charge in [0.1, 0.15) is 17.5 Å². The van der Waals surface area contributed by atoms with E-state index in [1.807, 2.05) is 0 Å². The first kappa shape index (κ1) is 26.3. The molecule has 0 bridgehead atoms. The van der Waals surface area contributed by atoms with Crippen LogP contribution in [-0.2, 0) is 13.0 Å². The Kier molecular flexibility index (Phi) is 6.95. The Morgan fingerprint density at radius 1 is 1.12 bits per heavy atom. The predicted octanol–water partition coefficient (Wildman–Crippen LogP) is 5.02. The van der Waals surface area contributed by atoms with E-state index in [1.165, 1.54) is 30.3 Å². The van der Waals surface area contributed by atoms with E-state index in [1.54, 1.807) is 17.6 Å². The highest BCUT2D eigenvalue weighted by molar-refractivity contribution is 5.89. The van der Waals surface area contributed by atoms with Gasteiger partial charge in [0.25, 0.3) is 5.56 Å². The lowest BCUT2D eigenvalue weighted by molar-refractivity contribution is 0.0694. The lowest BCUT2D eigenvalue weighted by atomic mass is 9.86. The van der Waals surface area contributed by atoms with Crippen LogP contribution in [0.3, 0.4) is 0 Å². The van der Waals surface area contributed by atoms with Gasteiger partial charge in [-0.3, -0.25) is 9.36 Å². The fourth-order valence-electron chi connectivity index (χ4n) is 6.35. The van der Waals surface area contributed by atoms with Crippen LogP contribution in [0, 0.1) is 18.6 Å². The lowest BCUT2D eigenvalue weighted by Crippen LogP contribution is -2.38. The van der Waals surface area contributed by atoms with Gasteiger partial charge in [-0.1, -0.05) is 11.2 Å². The molecule has 10 heteroatoms. The maximum Gasteiger partial charge on any atom is 0.336 e. The Morgan fingerprint density at radius 2 is 1.93 bits per heavy atom. The Bertz CT molecular complexity index is 1660. The number of benzene rings is 2. The van der Waals surface area contributed by atoms with Crippen LogP contribution >= 0.6 is 0 Å². The minimum Gasteiger partial charge on any atom is -0.478 e. The molecule has 40 heavy (non-hydrogen) atoms. The highest BCUT2D eigenvalue weighted by Crippen LogP contribution is 2.36. The van der Waals surface area contributed by atoms with Crippen LogP contribution in [0.5, 0.6) is 0 Å². The molecule has 1 N–H and O–H groups in total. The quantitative estimate of drug-likeness (QED) is 0.361. The number of piperidine rings is 1. The van der Waals surface area contributed by atoms with E-state index in [0.717, 1.165) is 37.0 Å². The van der Waals surface area contributed by atoms with Gasteiger partial charge in [-0.25, -0.2) is 18.6 Å². The van der Waals surface area contributed by atoms with Gasteiger partial charge in [-0.2, -0.15) is 0 Å². The van der Waals surface area contributed by atoms with E-state index in [-0.39, 0.29) is 28.4 Å². The van der Waals surface area contributed by atoms with Crippen molar-refractivity contribution in [2.45, 2.75) is 57.4 Å². The van der Waals surface area contributed by atoms with Gasteiger partial charge >= 0.3 is 5.97 Å². The number of rotatable bonds is 6. The molecule has 1 unspecified atom stereocenters. The van der Waals surface area contributed by atoms with Gasteiger partial charge in [0.2, 0.25) is 0 Å². The summed E-state index contributed by atoms with van der Waals surface area (Å²) in [6, 6.07) is 8.55. The van der Waals surface area contributed by atoms with E-state index >= 15 is 0 Å². The number of halogens is 2. The van der Waals surface area contributed by atoms with Gasteiger partial charge in [-0.05, 0) is 76.4 Å². The molecule has 2 aromatic heterocycles. The molecule has 1 fully saturated rings. The predicted molar refractivity (Wildman–Crippen MR) is 144 cm³/mol. The number of likely N-dealkylation sites (tertiary alicyclic amines) is 1. The normalized spacial score (nSPS) is 18.2. The van der Waals surface area contributed by atoms with Crippen LogP contribution in [-0.4, -0.2) is 50.3 Å². The fourth-order valence-corrected chi connectivity index (χ4v) is 6.35. The number of hydrogen-bond donors (Lipinski definition) is 1. The van der Waals surface area contributed by atoms with Crippen molar-refractivity contribution in [3.05, 3.63) is 92.3 Å². The van der Waals surface area contributed by atoms with E-state index < -0.39 is 17.7 Å². The first-order valence-electron chi connectivity index (χ1n) is 13.7. The molecule has 8 nitrogen and oxygen atoms in total. The molecule has 2 aliphatic rings. The molecular weight excluding hydrogens is 518 g/mol. The smallest absolute Gasteiger partial charge is 0.336 e. The molecule has 4 heterocycles. The number of carboxylic acids is 1. The van der Waals surface area contributed by atoms with E-state index in [2.05, 4.69) is 10.1 Å².